The monoisotopic (exact) mass is 328 g/mol. The van der Waals surface area contributed by atoms with Crippen LogP contribution in [-0.2, 0) is 14.3 Å². The van der Waals surface area contributed by atoms with Crippen LogP contribution in [0.25, 0.3) is 0 Å². The van der Waals surface area contributed by atoms with E-state index in [0.717, 1.165) is 6.08 Å². The Balaban J connectivity index is 2.36. The van der Waals surface area contributed by atoms with Crippen molar-refractivity contribution in [2.45, 2.75) is 39.4 Å². The fraction of sp³-hybridized carbons (Fsp3) is 0.588. The standard InChI is InChI=1S/C17H22F2O4/c1-11(8-14(20)21)4-5-13-12(15(18)19)9-17(10-16(13,2)3)22-6-7-23-17/h4-5,8-9,13,15H,6-7,10H2,1-3H3,(H,20,21)/b5-4+,11-8-. The third kappa shape index (κ3) is 4.06. The minimum atomic E-state index is -2.63. The molecule has 1 heterocycles. The van der Waals surface area contributed by atoms with E-state index in [0.29, 0.717) is 25.2 Å². The lowest BCUT2D eigenvalue weighted by molar-refractivity contribution is -0.151. The number of hydrogen-bond donors (Lipinski definition) is 1. The molecule has 0 bridgehead atoms. The van der Waals surface area contributed by atoms with Gasteiger partial charge >= 0.3 is 5.97 Å². The van der Waals surface area contributed by atoms with Gasteiger partial charge in [0.2, 0.25) is 0 Å². The van der Waals surface area contributed by atoms with Gasteiger partial charge in [0, 0.05) is 24.0 Å². The number of allylic oxidation sites excluding steroid dienone is 4. The van der Waals surface area contributed by atoms with Crippen LogP contribution in [0.15, 0.2) is 35.5 Å². The van der Waals surface area contributed by atoms with E-state index in [9.17, 15) is 13.6 Å². The van der Waals surface area contributed by atoms with Gasteiger partial charge in [0.05, 0.1) is 13.2 Å². The molecule has 1 aliphatic heterocycles. The van der Waals surface area contributed by atoms with Crippen molar-refractivity contribution in [3.05, 3.63) is 35.5 Å². The summed E-state index contributed by atoms with van der Waals surface area (Å²) in [6, 6.07) is 0. The lowest BCUT2D eigenvalue weighted by Crippen LogP contribution is -2.43. The Labute approximate surface area is 134 Å². The Bertz CT molecular complexity index is 555. The van der Waals surface area contributed by atoms with Crippen LogP contribution in [0.3, 0.4) is 0 Å². The number of halogens is 2. The van der Waals surface area contributed by atoms with Crippen molar-refractivity contribution in [1.82, 2.24) is 0 Å². The second-order valence-electron chi connectivity index (χ2n) is 6.68. The molecule has 0 aromatic rings. The number of alkyl halides is 2. The molecule has 6 heteroatoms. The van der Waals surface area contributed by atoms with Gasteiger partial charge in [-0.3, -0.25) is 0 Å². The zero-order chi connectivity index (χ0) is 17.3. The quantitative estimate of drug-likeness (QED) is 0.487. The first-order chi connectivity index (χ1) is 10.7. The molecule has 23 heavy (non-hydrogen) atoms. The van der Waals surface area contributed by atoms with Gasteiger partial charge in [0.1, 0.15) is 0 Å². The normalized spacial score (nSPS) is 27.0. The van der Waals surface area contributed by atoms with E-state index < -0.39 is 29.5 Å². The first kappa shape index (κ1) is 17.8. The maximum Gasteiger partial charge on any atom is 0.328 e. The number of hydrogen-bond acceptors (Lipinski definition) is 3. The molecule has 0 saturated carbocycles. The minimum absolute atomic E-state index is 0.0393. The molecule has 2 rings (SSSR count). The van der Waals surface area contributed by atoms with Gasteiger partial charge in [-0.05, 0) is 24.0 Å². The van der Waals surface area contributed by atoms with Crippen LogP contribution < -0.4 is 0 Å². The number of carbonyl (C=O) groups is 1. The Morgan fingerprint density at radius 1 is 1.39 bits per heavy atom. The third-order valence-corrected chi connectivity index (χ3v) is 4.22. The number of carboxylic acid groups (broad SMARTS) is 1. The Hall–Kier alpha value is -1.53. The molecule has 1 spiro atoms. The van der Waals surface area contributed by atoms with E-state index >= 15 is 0 Å². The van der Waals surface area contributed by atoms with E-state index in [4.69, 9.17) is 14.6 Å². The van der Waals surface area contributed by atoms with E-state index in [1.807, 2.05) is 13.8 Å². The predicted octanol–water partition coefficient (Wildman–Crippen LogP) is 3.55. The molecule has 2 aliphatic rings. The van der Waals surface area contributed by atoms with Crippen LogP contribution >= 0.6 is 0 Å². The van der Waals surface area contributed by atoms with Gasteiger partial charge in [-0.2, -0.15) is 0 Å². The van der Waals surface area contributed by atoms with Gasteiger partial charge in [-0.1, -0.05) is 26.0 Å². The molecule has 1 aliphatic carbocycles. The van der Waals surface area contributed by atoms with E-state index in [1.54, 1.807) is 19.1 Å². The SMILES string of the molecule is CC(=C/C(=O)O)/C=C/C1C(C(F)F)=CC2(CC1(C)C)OCCO2. The first-order valence-corrected chi connectivity index (χ1v) is 7.53. The second kappa shape index (κ2) is 6.53. The van der Waals surface area contributed by atoms with E-state index in [2.05, 4.69) is 0 Å². The Morgan fingerprint density at radius 3 is 2.52 bits per heavy atom. The Kier molecular flexibility index (Phi) is 5.06. The fourth-order valence-corrected chi connectivity index (χ4v) is 3.31. The van der Waals surface area contributed by atoms with Gasteiger partial charge < -0.3 is 14.6 Å². The average molecular weight is 328 g/mol. The zero-order valence-electron chi connectivity index (χ0n) is 13.5. The van der Waals surface area contributed by atoms with Crippen molar-refractivity contribution >= 4 is 5.97 Å². The van der Waals surface area contributed by atoms with Gasteiger partial charge in [-0.15, -0.1) is 0 Å². The largest absolute Gasteiger partial charge is 0.478 e. The highest BCUT2D eigenvalue weighted by molar-refractivity contribution is 5.81. The smallest absolute Gasteiger partial charge is 0.328 e. The topological polar surface area (TPSA) is 55.8 Å². The van der Waals surface area contributed by atoms with E-state index in [1.165, 1.54) is 6.08 Å². The number of rotatable bonds is 4. The van der Waals surface area contributed by atoms with Crippen LogP contribution in [0.1, 0.15) is 27.2 Å². The average Bonchev–Trinajstić information content (AvgIpc) is 2.82. The van der Waals surface area contributed by atoms with Crippen molar-refractivity contribution in [3.63, 3.8) is 0 Å². The highest BCUT2D eigenvalue weighted by atomic mass is 19.3. The van der Waals surface area contributed by atoms with Gasteiger partial charge in [-0.25, -0.2) is 13.6 Å². The van der Waals surface area contributed by atoms with Crippen molar-refractivity contribution < 1.29 is 28.2 Å². The number of carboxylic acids is 1. The highest BCUT2D eigenvalue weighted by Crippen LogP contribution is 2.50. The maximum atomic E-state index is 13.6. The van der Waals surface area contributed by atoms with E-state index in [-0.39, 0.29) is 5.57 Å². The van der Waals surface area contributed by atoms with Gasteiger partial charge in [0.15, 0.2) is 5.79 Å². The van der Waals surface area contributed by atoms with Crippen molar-refractivity contribution in [1.29, 1.82) is 0 Å². The van der Waals surface area contributed by atoms with Crippen molar-refractivity contribution in [2.24, 2.45) is 11.3 Å². The second-order valence-corrected chi connectivity index (χ2v) is 6.68. The summed E-state index contributed by atoms with van der Waals surface area (Å²) in [5.74, 6) is -2.64. The summed E-state index contributed by atoms with van der Waals surface area (Å²) in [4.78, 5) is 10.7. The predicted molar refractivity (Wildman–Crippen MR) is 81.1 cm³/mol. The number of ether oxygens (including phenoxy) is 2. The highest BCUT2D eigenvalue weighted by Gasteiger charge is 2.49. The van der Waals surface area contributed by atoms with Crippen LogP contribution in [0.4, 0.5) is 8.78 Å². The molecule has 0 aromatic heterocycles. The molecule has 1 atom stereocenters. The summed E-state index contributed by atoms with van der Waals surface area (Å²) in [5.41, 5.74) is -0.0525. The number of aliphatic carboxylic acids is 1. The summed E-state index contributed by atoms with van der Waals surface area (Å²) < 4.78 is 38.3. The summed E-state index contributed by atoms with van der Waals surface area (Å²) in [7, 11) is 0. The summed E-state index contributed by atoms with van der Waals surface area (Å²) in [6.45, 7) is 6.19. The van der Waals surface area contributed by atoms with Crippen LogP contribution in [0.5, 0.6) is 0 Å². The van der Waals surface area contributed by atoms with Crippen molar-refractivity contribution in [2.75, 3.05) is 13.2 Å². The molecule has 128 valence electrons. The Morgan fingerprint density at radius 2 is 2.00 bits per heavy atom. The first-order valence-electron chi connectivity index (χ1n) is 7.53. The molecule has 1 saturated heterocycles. The molecule has 0 amide bonds. The maximum absolute atomic E-state index is 13.6. The lowest BCUT2D eigenvalue weighted by Gasteiger charge is -2.44. The fourth-order valence-electron chi connectivity index (χ4n) is 3.31. The molecule has 1 fully saturated rings. The molecule has 0 aromatic carbocycles. The van der Waals surface area contributed by atoms with Crippen molar-refractivity contribution in [3.8, 4) is 0 Å². The lowest BCUT2D eigenvalue weighted by atomic mass is 9.66. The van der Waals surface area contributed by atoms with Gasteiger partial charge in [0.25, 0.3) is 6.43 Å². The third-order valence-electron chi connectivity index (χ3n) is 4.22. The van der Waals surface area contributed by atoms with Crippen LogP contribution in [-0.4, -0.2) is 36.5 Å². The molecule has 0 radical (unpaired) electrons. The van der Waals surface area contributed by atoms with Crippen LogP contribution in [0.2, 0.25) is 0 Å². The summed E-state index contributed by atoms with van der Waals surface area (Å²) in [5, 5.41) is 8.73. The molecule has 4 nitrogen and oxygen atoms in total. The zero-order valence-corrected chi connectivity index (χ0v) is 13.5. The molecule has 1 N–H and O–H groups in total. The summed E-state index contributed by atoms with van der Waals surface area (Å²) >= 11 is 0. The van der Waals surface area contributed by atoms with Crippen LogP contribution in [0, 0.1) is 11.3 Å². The summed E-state index contributed by atoms with van der Waals surface area (Å²) in [6.07, 6.45) is 3.51. The molecular formula is C17H22F2O4. The molecular weight excluding hydrogens is 306 g/mol. The molecule has 1 unspecified atom stereocenters. The minimum Gasteiger partial charge on any atom is -0.478 e.